The number of hydrogen-bond acceptors (Lipinski definition) is 2. The van der Waals surface area contributed by atoms with Crippen molar-refractivity contribution in [3.8, 4) is 0 Å². The zero-order valence-electron chi connectivity index (χ0n) is 10.1. The highest BCUT2D eigenvalue weighted by atomic mass is 79.9. The second kappa shape index (κ2) is 7.05. The van der Waals surface area contributed by atoms with Gasteiger partial charge in [-0.1, -0.05) is 28.1 Å². The molecule has 0 saturated carbocycles. The molecule has 0 amide bonds. The second-order valence-corrected chi connectivity index (χ2v) is 5.24. The van der Waals surface area contributed by atoms with Gasteiger partial charge in [0.15, 0.2) is 0 Å². The van der Waals surface area contributed by atoms with E-state index in [4.69, 9.17) is 5.73 Å². The van der Waals surface area contributed by atoms with Crippen molar-refractivity contribution in [1.29, 1.82) is 0 Å². The molecule has 0 fully saturated rings. The SMILES string of the molecule is CC(CCCN)N(C)Cc1cccc(Br)c1. The van der Waals surface area contributed by atoms with Gasteiger partial charge < -0.3 is 5.73 Å². The highest BCUT2D eigenvalue weighted by Gasteiger charge is 2.08. The van der Waals surface area contributed by atoms with Gasteiger partial charge in [0.2, 0.25) is 0 Å². The fourth-order valence-corrected chi connectivity index (χ4v) is 2.16. The molecule has 16 heavy (non-hydrogen) atoms. The Hall–Kier alpha value is -0.380. The van der Waals surface area contributed by atoms with Gasteiger partial charge in [-0.2, -0.15) is 0 Å². The molecule has 3 heteroatoms. The van der Waals surface area contributed by atoms with Crippen LogP contribution in [0.3, 0.4) is 0 Å². The summed E-state index contributed by atoms with van der Waals surface area (Å²) in [5.41, 5.74) is 6.87. The van der Waals surface area contributed by atoms with Crippen molar-refractivity contribution in [2.45, 2.75) is 32.4 Å². The third-order valence-corrected chi connectivity index (χ3v) is 3.39. The number of benzene rings is 1. The molecule has 0 bridgehead atoms. The maximum absolute atomic E-state index is 5.52. The van der Waals surface area contributed by atoms with E-state index in [0.29, 0.717) is 6.04 Å². The van der Waals surface area contributed by atoms with E-state index in [0.717, 1.165) is 24.0 Å². The van der Waals surface area contributed by atoms with Crippen LogP contribution < -0.4 is 5.73 Å². The summed E-state index contributed by atoms with van der Waals surface area (Å²) in [6.07, 6.45) is 2.27. The lowest BCUT2D eigenvalue weighted by Crippen LogP contribution is -2.29. The standard InChI is InChI=1S/C13H21BrN2/c1-11(5-4-8-15)16(2)10-12-6-3-7-13(14)9-12/h3,6-7,9,11H,4-5,8,10,15H2,1-2H3. The average Bonchev–Trinajstić information content (AvgIpc) is 2.25. The van der Waals surface area contributed by atoms with E-state index < -0.39 is 0 Å². The summed E-state index contributed by atoms with van der Waals surface area (Å²) in [4.78, 5) is 2.37. The molecule has 2 nitrogen and oxygen atoms in total. The third kappa shape index (κ3) is 4.64. The zero-order chi connectivity index (χ0) is 12.0. The molecule has 0 radical (unpaired) electrons. The lowest BCUT2D eigenvalue weighted by atomic mass is 10.1. The number of nitrogens with two attached hydrogens (primary N) is 1. The maximum Gasteiger partial charge on any atom is 0.0233 e. The van der Waals surface area contributed by atoms with Crippen molar-refractivity contribution in [1.82, 2.24) is 4.90 Å². The molecule has 1 unspecified atom stereocenters. The van der Waals surface area contributed by atoms with Gasteiger partial charge in [0, 0.05) is 17.1 Å². The number of halogens is 1. The first-order valence-electron chi connectivity index (χ1n) is 5.78. The van der Waals surface area contributed by atoms with Gasteiger partial charge >= 0.3 is 0 Å². The van der Waals surface area contributed by atoms with Gasteiger partial charge in [0.05, 0.1) is 0 Å². The van der Waals surface area contributed by atoms with Crippen LogP contribution in [-0.2, 0) is 6.54 Å². The first-order valence-corrected chi connectivity index (χ1v) is 6.57. The van der Waals surface area contributed by atoms with Crippen molar-refractivity contribution in [3.05, 3.63) is 34.3 Å². The maximum atomic E-state index is 5.52. The molecule has 90 valence electrons. The monoisotopic (exact) mass is 284 g/mol. The quantitative estimate of drug-likeness (QED) is 0.870. The predicted molar refractivity (Wildman–Crippen MR) is 73.4 cm³/mol. The zero-order valence-corrected chi connectivity index (χ0v) is 11.7. The summed E-state index contributed by atoms with van der Waals surface area (Å²) in [6, 6.07) is 9.06. The van der Waals surface area contributed by atoms with Crippen LogP contribution >= 0.6 is 15.9 Å². The molecule has 2 N–H and O–H groups in total. The molecule has 1 aromatic rings. The summed E-state index contributed by atoms with van der Waals surface area (Å²) in [5.74, 6) is 0. The van der Waals surface area contributed by atoms with Gasteiger partial charge in [-0.25, -0.2) is 0 Å². The van der Waals surface area contributed by atoms with Crippen molar-refractivity contribution in [2.24, 2.45) is 5.73 Å². The topological polar surface area (TPSA) is 29.3 Å². The summed E-state index contributed by atoms with van der Waals surface area (Å²) < 4.78 is 1.15. The number of nitrogens with zero attached hydrogens (tertiary/aromatic N) is 1. The Morgan fingerprint density at radius 1 is 1.44 bits per heavy atom. The van der Waals surface area contributed by atoms with Gasteiger partial charge in [0.25, 0.3) is 0 Å². The van der Waals surface area contributed by atoms with Gasteiger partial charge in [-0.3, -0.25) is 4.90 Å². The Bertz CT molecular complexity index is 315. The van der Waals surface area contributed by atoms with Crippen molar-refractivity contribution < 1.29 is 0 Å². The average molecular weight is 285 g/mol. The van der Waals surface area contributed by atoms with Crippen LogP contribution in [0.15, 0.2) is 28.7 Å². The highest BCUT2D eigenvalue weighted by Crippen LogP contribution is 2.14. The van der Waals surface area contributed by atoms with Crippen LogP contribution in [0, 0.1) is 0 Å². The van der Waals surface area contributed by atoms with E-state index in [-0.39, 0.29) is 0 Å². The van der Waals surface area contributed by atoms with Crippen LogP contribution in [0.1, 0.15) is 25.3 Å². The summed E-state index contributed by atoms with van der Waals surface area (Å²) in [6.45, 7) is 4.04. The van der Waals surface area contributed by atoms with E-state index in [2.05, 4.69) is 59.1 Å². The molecular weight excluding hydrogens is 264 g/mol. The molecule has 0 aliphatic carbocycles. The van der Waals surface area contributed by atoms with Crippen LogP contribution in [0.4, 0.5) is 0 Å². The first-order chi connectivity index (χ1) is 7.63. The van der Waals surface area contributed by atoms with Gasteiger partial charge in [-0.15, -0.1) is 0 Å². The lowest BCUT2D eigenvalue weighted by molar-refractivity contribution is 0.235. The van der Waals surface area contributed by atoms with E-state index >= 15 is 0 Å². The van der Waals surface area contributed by atoms with Crippen LogP contribution in [-0.4, -0.2) is 24.5 Å². The third-order valence-electron chi connectivity index (χ3n) is 2.90. The molecule has 0 saturated heterocycles. The molecule has 0 heterocycles. The van der Waals surface area contributed by atoms with Gasteiger partial charge in [0.1, 0.15) is 0 Å². The molecule has 1 rings (SSSR count). The summed E-state index contributed by atoms with van der Waals surface area (Å²) in [7, 11) is 2.17. The molecule has 0 aromatic heterocycles. The minimum atomic E-state index is 0.586. The Labute approximate surface area is 107 Å². The Morgan fingerprint density at radius 3 is 2.81 bits per heavy atom. The summed E-state index contributed by atoms with van der Waals surface area (Å²) in [5, 5.41) is 0. The largest absolute Gasteiger partial charge is 0.330 e. The number of rotatable bonds is 6. The Kier molecular flexibility index (Phi) is 6.03. The van der Waals surface area contributed by atoms with Crippen LogP contribution in [0.2, 0.25) is 0 Å². The minimum absolute atomic E-state index is 0.586. The van der Waals surface area contributed by atoms with E-state index in [1.165, 1.54) is 12.0 Å². The van der Waals surface area contributed by atoms with Gasteiger partial charge in [-0.05, 0) is 51.1 Å². The first kappa shape index (κ1) is 13.7. The van der Waals surface area contributed by atoms with Crippen molar-refractivity contribution in [3.63, 3.8) is 0 Å². The van der Waals surface area contributed by atoms with Crippen LogP contribution in [0.5, 0.6) is 0 Å². The molecule has 1 aromatic carbocycles. The van der Waals surface area contributed by atoms with Crippen molar-refractivity contribution in [2.75, 3.05) is 13.6 Å². The van der Waals surface area contributed by atoms with Crippen molar-refractivity contribution >= 4 is 15.9 Å². The smallest absolute Gasteiger partial charge is 0.0233 e. The molecule has 0 spiro atoms. The lowest BCUT2D eigenvalue weighted by Gasteiger charge is -2.24. The second-order valence-electron chi connectivity index (χ2n) is 4.32. The molecule has 0 aliphatic rings. The van der Waals surface area contributed by atoms with E-state index in [1.54, 1.807) is 0 Å². The summed E-state index contributed by atoms with van der Waals surface area (Å²) >= 11 is 3.50. The normalized spacial score (nSPS) is 13.1. The molecule has 1 atom stereocenters. The van der Waals surface area contributed by atoms with E-state index in [1.807, 2.05) is 0 Å². The predicted octanol–water partition coefficient (Wildman–Crippen LogP) is 3.01. The van der Waals surface area contributed by atoms with Crippen LogP contribution in [0.25, 0.3) is 0 Å². The fourth-order valence-electron chi connectivity index (χ4n) is 1.71. The number of hydrogen-bond donors (Lipinski definition) is 1. The molecular formula is C13H21BrN2. The Balaban J connectivity index is 2.47. The van der Waals surface area contributed by atoms with E-state index in [9.17, 15) is 0 Å². The Morgan fingerprint density at radius 2 is 2.19 bits per heavy atom. The molecule has 0 aliphatic heterocycles. The highest BCUT2D eigenvalue weighted by molar-refractivity contribution is 9.10. The fraction of sp³-hybridized carbons (Fsp3) is 0.538. The minimum Gasteiger partial charge on any atom is -0.330 e.